The molecule has 142 valence electrons. The zero-order valence-electron chi connectivity index (χ0n) is 15.9. The molecule has 0 aliphatic carbocycles. The van der Waals surface area contributed by atoms with Gasteiger partial charge in [-0.15, -0.1) is 0 Å². The summed E-state index contributed by atoms with van der Waals surface area (Å²) >= 11 is 0. The van der Waals surface area contributed by atoms with Crippen LogP contribution in [-0.2, 0) is 4.74 Å². The molecule has 1 atom stereocenters. The number of carbonyl (C=O) groups is 1. The molecule has 1 unspecified atom stereocenters. The number of anilines is 1. The van der Waals surface area contributed by atoms with Crippen molar-refractivity contribution in [3.8, 4) is 5.75 Å². The number of hydrogen-bond acceptors (Lipinski definition) is 3. The minimum atomic E-state index is -0.0399. The van der Waals surface area contributed by atoms with Crippen molar-refractivity contribution in [3.05, 3.63) is 59.7 Å². The first kappa shape index (κ1) is 17.9. The van der Waals surface area contributed by atoms with Crippen molar-refractivity contribution in [1.29, 1.82) is 0 Å². The molecular formula is C22H26N2O3. The van der Waals surface area contributed by atoms with Crippen molar-refractivity contribution in [2.75, 3.05) is 31.6 Å². The normalized spacial score (nSPS) is 18.8. The lowest BCUT2D eigenvalue weighted by molar-refractivity contribution is 0.0255. The zero-order chi connectivity index (χ0) is 18.9. The van der Waals surface area contributed by atoms with Crippen LogP contribution in [0.25, 0.3) is 0 Å². The highest BCUT2D eigenvalue weighted by Gasteiger charge is 2.47. The third-order valence-corrected chi connectivity index (χ3v) is 5.55. The molecule has 27 heavy (non-hydrogen) atoms. The Balaban J connectivity index is 1.35. The third kappa shape index (κ3) is 3.78. The second-order valence-corrected chi connectivity index (χ2v) is 7.74. The SMILES string of the molecule is Cc1cc(OC(C)c2ccccc2)ccc1NC(=O)N1CC2(CCOC2)C1. The molecule has 2 amide bonds. The van der Waals surface area contributed by atoms with Crippen LogP contribution in [0.1, 0.15) is 30.6 Å². The Kier molecular flexibility index (Phi) is 4.79. The maximum absolute atomic E-state index is 12.5. The molecule has 4 rings (SSSR count). The van der Waals surface area contributed by atoms with Crippen LogP contribution in [0, 0.1) is 12.3 Å². The summed E-state index contributed by atoms with van der Waals surface area (Å²) in [7, 11) is 0. The first-order valence-electron chi connectivity index (χ1n) is 9.51. The molecular weight excluding hydrogens is 340 g/mol. The van der Waals surface area contributed by atoms with Crippen molar-refractivity contribution in [2.45, 2.75) is 26.4 Å². The van der Waals surface area contributed by atoms with E-state index < -0.39 is 0 Å². The van der Waals surface area contributed by atoms with E-state index in [1.807, 2.05) is 55.1 Å². The number of rotatable bonds is 4. The van der Waals surface area contributed by atoms with E-state index in [2.05, 4.69) is 17.4 Å². The minimum Gasteiger partial charge on any atom is -0.486 e. The Labute approximate surface area is 160 Å². The van der Waals surface area contributed by atoms with Gasteiger partial charge < -0.3 is 19.7 Å². The van der Waals surface area contributed by atoms with Crippen LogP contribution in [0.3, 0.4) is 0 Å². The van der Waals surface area contributed by atoms with Gasteiger partial charge in [-0.05, 0) is 49.6 Å². The number of carbonyl (C=O) groups excluding carboxylic acids is 1. The molecule has 0 radical (unpaired) electrons. The van der Waals surface area contributed by atoms with Crippen molar-refractivity contribution in [3.63, 3.8) is 0 Å². The topological polar surface area (TPSA) is 50.8 Å². The third-order valence-electron chi connectivity index (χ3n) is 5.55. The first-order valence-corrected chi connectivity index (χ1v) is 9.51. The predicted molar refractivity (Wildman–Crippen MR) is 105 cm³/mol. The quantitative estimate of drug-likeness (QED) is 0.873. The van der Waals surface area contributed by atoms with E-state index >= 15 is 0 Å². The lowest BCUT2D eigenvalue weighted by Gasteiger charge is -2.46. The van der Waals surface area contributed by atoms with E-state index in [0.29, 0.717) is 0 Å². The highest BCUT2D eigenvalue weighted by atomic mass is 16.5. The van der Waals surface area contributed by atoms with Crippen molar-refractivity contribution in [2.24, 2.45) is 5.41 Å². The van der Waals surface area contributed by atoms with Gasteiger partial charge >= 0.3 is 6.03 Å². The molecule has 2 saturated heterocycles. The van der Waals surface area contributed by atoms with Crippen LogP contribution in [0.2, 0.25) is 0 Å². The van der Waals surface area contributed by atoms with Crippen molar-refractivity contribution >= 4 is 11.7 Å². The van der Waals surface area contributed by atoms with E-state index in [-0.39, 0.29) is 17.6 Å². The van der Waals surface area contributed by atoms with Crippen LogP contribution in [0.15, 0.2) is 48.5 Å². The van der Waals surface area contributed by atoms with Gasteiger partial charge in [-0.2, -0.15) is 0 Å². The summed E-state index contributed by atoms with van der Waals surface area (Å²) in [6.07, 6.45) is 1.03. The van der Waals surface area contributed by atoms with Gasteiger partial charge in [0.05, 0.1) is 6.61 Å². The van der Waals surface area contributed by atoms with Crippen molar-refractivity contribution < 1.29 is 14.3 Å². The van der Waals surface area contributed by atoms with Gasteiger partial charge in [0.25, 0.3) is 0 Å². The fourth-order valence-corrected chi connectivity index (χ4v) is 3.85. The summed E-state index contributed by atoms with van der Waals surface area (Å²) < 4.78 is 11.5. The van der Waals surface area contributed by atoms with Crippen LogP contribution in [-0.4, -0.2) is 37.2 Å². The van der Waals surface area contributed by atoms with Crippen LogP contribution in [0.4, 0.5) is 10.5 Å². The van der Waals surface area contributed by atoms with E-state index in [9.17, 15) is 4.79 Å². The summed E-state index contributed by atoms with van der Waals surface area (Å²) in [6.45, 7) is 7.19. The van der Waals surface area contributed by atoms with Gasteiger partial charge in [0, 0.05) is 30.8 Å². The summed E-state index contributed by atoms with van der Waals surface area (Å²) in [5, 5.41) is 3.02. The molecule has 5 nitrogen and oxygen atoms in total. The number of urea groups is 1. The summed E-state index contributed by atoms with van der Waals surface area (Å²) in [5.74, 6) is 0.799. The summed E-state index contributed by atoms with van der Waals surface area (Å²) in [4.78, 5) is 14.3. The molecule has 0 saturated carbocycles. The molecule has 1 spiro atoms. The molecule has 2 fully saturated rings. The maximum Gasteiger partial charge on any atom is 0.321 e. The highest BCUT2D eigenvalue weighted by molar-refractivity contribution is 5.90. The minimum absolute atomic E-state index is 0.0306. The Morgan fingerprint density at radius 1 is 1.22 bits per heavy atom. The Morgan fingerprint density at radius 3 is 2.67 bits per heavy atom. The highest BCUT2D eigenvalue weighted by Crippen LogP contribution is 2.38. The standard InChI is InChI=1S/C22H26N2O3/c1-16-12-19(27-17(2)18-6-4-3-5-7-18)8-9-20(16)23-21(25)24-13-22(14-24)10-11-26-15-22/h3-9,12,17H,10-11,13-15H2,1-2H3,(H,23,25). The fraction of sp³-hybridized carbons (Fsp3) is 0.409. The van der Waals surface area contributed by atoms with Gasteiger partial charge in [0.2, 0.25) is 0 Å². The van der Waals surface area contributed by atoms with Gasteiger partial charge in [-0.25, -0.2) is 4.79 Å². The van der Waals surface area contributed by atoms with E-state index in [1.54, 1.807) is 0 Å². The average molecular weight is 366 g/mol. The molecule has 2 aliphatic heterocycles. The lowest BCUT2D eigenvalue weighted by atomic mass is 9.79. The Hall–Kier alpha value is -2.53. The average Bonchev–Trinajstić information content (AvgIpc) is 3.13. The first-order chi connectivity index (χ1) is 13.0. The molecule has 0 aromatic heterocycles. The number of amides is 2. The van der Waals surface area contributed by atoms with Crippen LogP contribution < -0.4 is 10.1 Å². The smallest absolute Gasteiger partial charge is 0.321 e. The molecule has 2 aromatic carbocycles. The molecule has 5 heteroatoms. The van der Waals surface area contributed by atoms with E-state index in [4.69, 9.17) is 9.47 Å². The van der Waals surface area contributed by atoms with Gasteiger partial charge in [-0.3, -0.25) is 0 Å². The monoisotopic (exact) mass is 366 g/mol. The largest absolute Gasteiger partial charge is 0.486 e. The second kappa shape index (κ2) is 7.24. The zero-order valence-corrected chi connectivity index (χ0v) is 15.9. The predicted octanol–water partition coefficient (Wildman–Crippen LogP) is 4.39. The maximum atomic E-state index is 12.5. The van der Waals surface area contributed by atoms with Crippen molar-refractivity contribution in [1.82, 2.24) is 4.90 Å². The Morgan fingerprint density at radius 2 is 2.00 bits per heavy atom. The molecule has 2 heterocycles. The van der Waals surface area contributed by atoms with Gasteiger partial charge in [0.15, 0.2) is 0 Å². The molecule has 0 bridgehead atoms. The number of benzene rings is 2. The van der Waals surface area contributed by atoms with Gasteiger partial charge in [-0.1, -0.05) is 30.3 Å². The second-order valence-electron chi connectivity index (χ2n) is 7.74. The molecule has 2 aromatic rings. The van der Waals surface area contributed by atoms with Crippen LogP contribution >= 0.6 is 0 Å². The lowest BCUT2D eigenvalue weighted by Crippen LogP contribution is -2.59. The number of hydrogen-bond donors (Lipinski definition) is 1. The number of nitrogens with zero attached hydrogens (tertiary/aromatic N) is 1. The van der Waals surface area contributed by atoms with E-state index in [1.165, 1.54) is 0 Å². The Bertz CT molecular complexity index is 808. The number of aryl methyl sites for hydroxylation is 1. The number of likely N-dealkylation sites (tertiary alicyclic amines) is 1. The summed E-state index contributed by atoms with van der Waals surface area (Å²) in [5.41, 5.74) is 3.15. The van der Waals surface area contributed by atoms with E-state index in [0.717, 1.165) is 55.3 Å². The summed E-state index contributed by atoms with van der Waals surface area (Å²) in [6, 6.07) is 15.9. The van der Waals surface area contributed by atoms with Gasteiger partial charge in [0.1, 0.15) is 11.9 Å². The molecule has 2 aliphatic rings. The molecule has 1 N–H and O–H groups in total. The van der Waals surface area contributed by atoms with Crippen LogP contribution in [0.5, 0.6) is 5.75 Å². The fourth-order valence-electron chi connectivity index (χ4n) is 3.85. The number of ether oxygens (including phenoxy) is 2. The number of nitrogens with one attached hydrogen (secondary N) is 1.